The van der Waals surface area contributed by atoms with Crippen LogP contribution in [0.3, 0.4) is 0 Å². The van der Waals surface area contributed by atoms with Gasteiger partial charge in [0.2, 0.25) is 10.0 Å². The third-order valence-corrected chi connectivity index (χ3v) is 4.81. The van der Waals surface area contributed by atoms with Crippen molar-refractivity contribution in [3.63, 3.8) is 0 Å². The molecule has 0 radical (unpaired) electrons. The van der Waals surface area contributed by atoms with E-state index in [4.69, 9.17) is 5.53 Å². The molecule has 0 fully saturated rings. The predicted octanol–water partition coefficient (Wildman–Crippen LogP) is 2.51. The molecule has 0 saturated heterocycles. The molecule has 25 heavy (non-hydrogen) atoms. The summed E-state index contributed by atoms with van der Waals surface area (Å²) in [6, 6.07) is 8.88. The highest BCUT2D eigenvalue weighted by Crippen LogP contribution is 2.30. The van der Waals surface area contributed by atoms with E-state index in [0.717, 1.165) is 24.5 Å². The first-order valence-corrected chi connectivity index (χ1v) is 9.97. The number of benzene rings is 2. The quantitative estimate of drug-likeness (QED) is 0.396. The van der Waals surface area contributed by atoms with Crippen LogP contribution < -0.4 is 9.44 Å². The van der Waals surface area contributed by atoms with Gasteiger partial charge in [-0.3, -0.25) is 9.44 Å². The Morgan fingerprint density at radius 3 is 2.28 bits per heavy atom. The van der Waals surface area contributed by atoms with Gasteiger partial charge in [0.1, 0.15) is 5.75 Å². The van der Waals surface area contributed by atoms with Crippen molar-refractivity contribution in [2.24, 2.45) is 5.11 Å². The molecule has 0 aliphatic carbocycles. The second-order valence-corrected chi connectivity index (χ2v) is 8.33. The fraction of sp³-hybridized carbons (Fsp3) is 0.0769. The number of phenolic OH excluding ortho intramolecular Hbond substituents is 1. The van der Waals surface area contributed by atoms with E-state index in [1.165, 1.54) is 24.3 Å². The van der Waals surface area contributed by atoms with Crippen LogP contribution in [0, 0.1) is 0 Å². The number of hydrogen-bond donors (Lipinski definition) is 3. The van der Waals surface area contributed by atoms with Gasteiger partial charge in [0, 0.05) is 4.91 Å². The number of aromatic hydroxyl groups is 1. The minimum Gasteiger partial charge on any atom is -0.507 e. The monoisotopic (exact) mass is 383 g/mol. The highest BCUT2D eigenvalue weighted by molar-refractivity contribution is 7.92. The highest BCUT2D eigenvalue weighted by Gasteiger charge is 2.16. The van der Waals surface area contributed by atoms with E-state index >= 15 is 0 Å². The van der Waals surface area contributed by atoms with Crippen molar-refractivity contribution in [1.29, 1.82) is 0 Å². The second-order valence-electron chi connectivity index (χ2n) is 4.90. The summed E-state index contributed by atoms with van der Waals surface area (Å²) in [4.78, 5) is 2.26. The molecular weight excluding hydrogens is 370 g/mol. The molecule has 0 spiro atoms. The fourth-order valence-corrected chi connectivity index (χ4v) is 3.50. The van der Waals surface area contributed by atoms with E-state index in [-0.39, 0.29) is 27.7 Å². The van der Waals surface area contributed by atoms with Crippen LogP contribution in [0.2, 0.25) is 0 Å². The summed E-state index contributed by atoms with van der Waals surface area (Å²) in [6.07, 6.45) is 0.970. The Kier molecular flexibility index (Phi) is 5.07. The van der Waals surface area contributed by atoms with E-state index in [2.05, 4.69) is 19.5 Å². The lowest BCUT2D eigenvalue weighted by atomic mass is 10.3. The predicted molar refractivity (Wildman–Crippen MR) is 92.6 cm³/mol. The number of azide groups is 1. The number of sulfonamides is 2. The summed E-state index contributed by atoms with van der Waals surface area (Å²) in [5.41, 5.74) is 8.49. The maximum Gasteiger partial charge on any atom is 0.261 e. The van der Waals surface area contributed by atoms with Gasteiger partial charge in [-0.15, -0.1) is 0 Å². The van der Waals surface area contributed by atoms with Crippen molar-refractivity contribution in [1.82, 2.24) is 0 Å². The van der Waals surface area contributed by atoms with Gasteiger partial charge in [-0.1, -0.05) is 11.2 Å². The van der Waals surface area contributed by atoms with E-state index in [1.54, 1.807) is 0 Å². The minimum absolute atomic E-state index is 0.118. The maximum atomic E-state index is 12.4. The minimum atomic E-state index is -4.05. The third kappa shape index (κ3) is 5.01. The topological polar surface area (TPSA) is 161 Å². The van der Waals surface area contributed by atoms with Gasteiger partial charge in [-0.05, 0) is 41.9 Å². The first kappa shape index (κ1) is 18.4. The number of hydrogen-bond acceptors (Lipinski definition) is 6. The number of phenols is 1. The van der Waals surface area contributed by atoms with Crippen LogP contribution >= 0.6 is 0 Å². The zero-order valence-electron chi connectivity index (χ0n) is 12.8. The first-order chi connectivity index (χ1) is 11.6. The normalized spacial score (nSPS) is 11.4. The van der Waals surface area contributed by atoms with Crippen molar-refractivity contribution >= 4 is 37.1 Å². The molecule has 0 amide bonds. The van der Waals surface area contributed by atoms with Crippen LogP contribution in [0.15, 0.2) is 52.5 Å². The number of nitrogens with one attached hydrogen (secondary N) is 2. The molecule has 0 aromatic heterocycles. The zero-order chi connectivity index (χ0) is 18.7. The SMILES string of the molecule is CS(=O)(=O)Nc1cccc(NS(=O)(=O)c2ccc(O)c(N=[N+]=[N-])c2)c1. The van der Waals surface area contributed by atoms with Crippen LogP contribution in [0.1, 0.15) is 0 Å². The summed E-state index contributed by atoms with van der Waals surface area (Å²) >= 11 is 0. The van der Waals surface area contributed by atoms with Gasteiger partial charge in [0.15, 0.2) is 0 Å². The van der Waals surface area contributed by atoms with E-state index in [0.29, 0.717) is 0 Å². The molecule has 2 rings (SSSR count). The Labute approximate surface area is 143 Å². The zero-order valence-corrected chi connectivity index (χ0v) is 14.4. The van der Waals surface area contributed by atoms with E-state index in [1.807, 2.05) is 0 Å². The Bertz CT molecular complexity index is 1060. The van der Waals surface area contributed by atoms with Crippen molar-refractivity contribution in [2.45, 2.75) is 4.90 Å². The number of nitrogens with zero attached hydrogens (tertiary/aromatic N) is 3. The van der Waals surface area contributed by atoms with Crippen molar-refractivity contribution in [3.05, 3.63) is 52.9 Å². The van der Waals surface area contributed by atoms with Crippen LogP contribution in [-0.4, -0.2) is 28.2 Å². The van der Waals surface area contributed by atoms with Crippen molar-refractivity contribution in [2.75, 3.05) is 15.7 Å². The van der Waals surface area contributed by atoms with Crippen LogP contribution in [0.5, 0.6) is 5.75 Å². The Balaban J connectivity index is 2.35. The lowest BCUT2D eigenvalue weighted by Gasteiger charge is -2.11. The lowest BCUT2D eigenvalue weighted by molar-refractivity contribution is 0.476. The largest absolute Gasteiger partial charge is 0.507 e. The summed E-state index contributed by atoms with van der Waals surface area (Å²) < 4.78 is 51.8. The Morgan fingerprint density at radius 2 is 1.68 bits per heavy atom. The molecule has 10 nitrogen and oxygen atoms in total. The average Bonchev–Trinajstić information content (AvgIpc) is 2.47. The molecule has 12 heteroatoms. The molecule has 0 atom stereocenters. The molecule has 0 aliphatic rings. The molecule has 2 aromatic carbocycles. The summed E-state index contributed by atoms with van der Waals surface area (Å²) in [6.45, 7) is 0. The molecule has 0 unspecified atom stereocenters. The van der Waals surface area contributed by atoms with Gasteiger partial charge in [-0.25, -0.2) is 16.8 Å². The Morgan fingerprint density at radius 1 is 1.04 bits per heavy atom. The maximum absolute atomic E-state index is 12.4. The number of rotatable bonds is 6. The third-order valence-electron chi connectivity index (χ3n) is 2.83. The molecule has 0 heterocycles. The van der Waals surface area contributed by atoms with Crippen LogP contribution in [0.4, 0.5) is 17.1 Å². The molecule has 0 aliphatic heterocycles. The second kappa shape index (κ2) is 6.89. The first-order valence-electron chi connectivity index (χ1n) is 6.59. The standard InChI is InChI=1S/C13H13N5O5S2/c1-24(20,21)16-9-3-2-4-10(7-9)17-25(22,23)11-5-6-13(19)12(8-11)15-18-14/h2-8,16-17,19H,1H3. The van der Waals surface area contributed by atoms with Crippen molar-refractivity contribution in [3.8, 4) is 5.75 Å². The molecule has 0 saturated carbocycles. The smallest absolute Gasteiger partial charge is 0.261 e. The molecular formula is C13H13N5O5S2. The van der Waals surface area contributed by atoms with Crippen LogP contribution in [-0.2, 0) is 20.0 Å². The summed E-state index contributed by atoms with van der Waals surface area (Å²) in [7, 11) is -7.56. The van der Waals surface area contributed by atoms with Gasteiger partial charge in [0.25, 0.3) is 10.0 Å². The summed E-state index contributed by atoms with van der Waals surface area (Å²) in [5, 5.41) is 12.7. The average molecular weight is 383 g/mol. The highest BCUT2D eigenvalue weighted by atomic mass is 32.2. The van der Waals surface area contributed by atoms with Gasteiger partial charge < -0.3 is 5.11 Å². The van der Waals surface area contributed by atoms with Gasteiger partial charge >= 0.3 is 0 Å². The van der Waals surface area contributed by atoms with Gasteiger partial charge in [-0.2, -0.15) is 0 Å². The molecule has 2 aromatic rings. The number of anilines is 2. The van der Waals surface area contributed by atoms with E-state index < -0.39 is 20.0 Å². The molecule has 3 N–H and O–H groups in total. The lowest BCUT2D eigenvalue weighted by Crippen LogP contribution is -2.14. The fourth-order valence-electron chi connectivity index (χ4n) is 1.87. The van der Waals surface area contributed by atoms with Gasteiger partial charge in [0.05, 0.1) is 28.2 Å². The summed E-state index contributed by atoms with van der Waals surface area (Å²) in [5.74, 6) is -0.365. The van der Waals surface area contributed by atoms with E-state index in [9.17, 15) is 21.9 Å². The Hall–Kier alpha value is -2.95. The molecule has 0 bridgehead atoms. The molecule has 132 valence electrons. The van der Waals surface area contributed by atoms with Crippen molar-refractivity contribution < 1.29 is 21.9 Å². The van der Waals surface area contributed by atoms with Crippen LogP contribution in [0.25, 0.3) is 10.4 Å².